The van der Waals surface area contributed by atoms with E-state index in [4.69, 9.17) is 9.84 Å². The molecule has 1 aromatic heterocycles. The molecule has 0 bridgehead atoms. The van der Waals surface area contributed by atoms with Crippen LogP contribution >= 0.6 is 0 Å². The Labute approximate surface area is 195 Å². The smallest absolute Gasteiger partial charge is 0.341 e. The second kappa shape index (κ2) is 10.3. The SMILES string of the molecule is C[Si](C)(C)c1ccc(CN(Cc2cccc(OCC(=O)O)c2)S(=O)(=O)c2cccnc2)cc1. The molecule has 0 atom stereocenters. The summed E-state index contributed by atoms with van der Waals surface area (Å²) >= 11 is 0. The lowest BCUT2D eigenvalue weighted by Crippen LogP contribution is -2.37. The average Bonchev–Trinajstić information content (AvgIpc) is 2.78. The molecule has 2 aromatic carbocycles. The lowest BCUT2D eigenvalue weighted by molar-refractivity contribution is -0.139. The maximum Gasteiger partial charge on any atom is 0.341 e. The summed E-state index contributed by atoms with van der Waals surface area (Å²) in [7, 11) is -5.29. The number of pyridine rings is 1. The molecule has 0 aliphatic rings. The number of carboxylic acid groups (broad SMARTS) is 1. The lowest BCUT2D eigenvalue weighted by Gasteiger charge is -2.23. The van der Waals surface area contributed by atoms with Crippen LogP contribution in [0.25, 0.3) is 0 Å². The van der Waals surface area contributed by atoms with Crippen LogP contribution in [0.3, 0.4) is 0 Å². The van der Waals surface area contributed by atoms with Gasteiger partial charge in [0.05, 0.1) is 8.07 Å². The molecule has 7 nitrogen and oxygen atoms in total. The molecule has 0 radical (unpaired) electrons. The molecule has 3 aromatic rings. The maximum atomic E-state index is 13.5. The van der Waals surface area contributed by atoms with E-state index < -0.39 is 30.7 Å². The number of benzene rings is 2. The molecule has 33 heavy (non-hydrogen) atoms. The molecule has 0 aliphatic carbocycles. The van der Waals surface area contributed by atoms with Gasteiger partial charge in [-0.2, -0.15) is 4.31 Å². The van der Waals surface area contributed by atoms with Gasteiger partial charge in [0.15, 0.2) is 6.61 Å². The van der Waals surface area contributed by atoms with Crippen LogP contribution in [0.2, 0.25) is 19.6 Å². The Bertz CT molecular complexity index is 1190. The highest BCUT2D eigenvalue weighted by molar-refractivity contribution is 7.89. The van der Waals surface area contributed by atoms with Crippen molar-refractivity contribution in [2.24, 2.45) is 0 Å². The fraction of sp³-hybridized carbons (Fsp3) is 0.250. The van der Waals surface area contributed by atoms with Crippen LogP contribution in [0.4, 0.5) is 0 Å². The second-order valence-electron chi connectivity index (χ2n) is 8.74. The Hall–Kier alpha value is -3.01. The number of carboxylic acids is 1. The number of aromatic nitrogens is 1. The van der Waals surface area contributed by atoms with Crippen molar-refractivity contribution in [1.82, 2.24) is 9.29 Å². The molecule has 1 N–H and O–H groups in total. The highest BCUT2D eigenvalue weighted by Gasteiger charge is 2.26. The summed E-state index contributed by atoms with van der Waals surface area (Å²) in [5.74, 6) is -0.712. The van der Waals surface area contributed by atoms with Gasteiger partial charge in [-0.25, -0.2) is 13.2 Å². The number of nitrogens with zero attached hydrogens (tertiary/aromatic N) is 2. The van der Waals surface area contributed by atoms with Gasteiger partial charge in [-0.15, -0.1) is 0 Å². The number of rotatable bonds is 10. The van der Waals surface area contributed by atoms with E-state index in [1.54, 1.807) is 30.3 Å². The zero-order valence-corrected chi connectivity index (χ0v) is 20.7. The van der Waals surface area contributed by atoms with Gasteiger partial charge in [-0.1, -0.05) is 61.2 Å². The molecule has 174 valence electrons. The van der Waals surface area contributed by atoms with Gasteiger partial charge in [0, 0.05) is 25.5 Å². The van der Waals surface area contributed by atoms with Crippen molar-refractivity contribution in [1.29, 1.82) is 0 Å². The van der Waals surface area contributed by atoms with Crippen LogP contribution in [-0.4, -0.2) is 43.5 Å². The molecule has 0 saturated carbocycles. The summed E-state index contributed by atoms with van der Waals surface area (Å²) in [6.07, 6.45) is 2.87. The second-order valence-corrected chi connectivity index (χ2v) is 15.8. The number of sulfonamides is 1. The van der Waals surface area contributed by atoms with Crippen LogP contribution in [0.5, 0.6) is 5.75 Å². The van der Waals surface area contributed by atoms with Crippen LogP contribution in [-0.2, 0) is 27.9 Å². The zero-order valence-electron chi connectivity index (χ0n) is 18.9. The van der Waals surface area contributed by atoms with Crippen LogP contribution in [0.15, 0.2) is 78.0 Å². The van der Waals surface area contributed by atoms with Gasteiger partial charge < -0.3 is 9.84 Å². The molecule has 0 fully saturated rings. The van der Waals surface area contributed by atoms with Gasteiger partial charge in [0.25, 0.3) is 0 Å². The molecule has 0 unspecified atom stereocenters. The molecular weight excluding hydrogens is 456 g/mol. The van der Waals surface area contributed by atoms with E-state index in [-0.39, 0.29) is 18.0 Å². The third-order valence-corrected chi connectivity index (χ3v) is 8.91. The first-order valence-electron chi connectivity index (χ1n) is 10.5. The first kappa shape index (κ1) is 24.6. The molecule has 0 aliphatic heterocycles. The lowest BCUT2D eigenvalue weighted by atomic mass is 10.2. The predicted octanol–water partition coefficient (Wildman–Crippen LogP) is 3.48. The first-order valence-corrected chi connectivity index (χ1v) is 15.4. The number of hydrogen-bond acceptors (Lipinski definition) is 5. The summed E-state index contributed by atoms with van der Waals surface area (Å²) in [6.45, 7) is 6.60. The van der Waals surface area contributed by atoms with Crippen molar-refractivity contribution in [2.45, 2.75) is 37.6 Å². The van der Waals surface area contributed by atoms with E-state index in [1.807, 2.05) is 12.1 Å². The minimum absolute atomic E-state index is 0.0945. The monoisotopic (exact) mass is 484 g/mol. The van der Waals surface area contributed by atoms with Crippen LogP contribution in [0, 0.1) is 0 Å². The van der Waals surface area contributed by atoms with Gasteiger partial charge in [-0.05, 0) is 35.4 Å². The summed E-state index contributed by atoms with van der Waals surface area (Å²) in [4.78, 5) is 14.9. The fourth-order valence-corrected chi connectivity index (χ4v) is 5.82. The Kier molecular flexibility index (Phi) is 7.67. The summed E-state index contributed by atoms with van der Waals surface area (Å²) in [6, 6.07) is 18.0. The van der Waals surface area contributed by atoms with Crippen LogP contribution in [0.1, 0.15) is 11.1 Å². The highest BCUT2D eigenvalue weighted by atomic mass is 32.2. The number of aliphatic carboxylic acids is 1. The molecule has 0 spiro atoms. The van der Waals surface area contributed by atoms with E-state index in [9.17, 15) is 13.2 Å². The fourth-order valence-electron chi connectivity index (χ4n) is 3.27. The van der Waals surface area contributed by atoms with Gasteiger partial charge in [0.2, 0.25) is 10.0 Å². The minimum Gasteiger partial charge on any atom is -0.482 e. The molecule has 0 saturated heterocycles. The van der Waals surface area contributed by atoms with E-state index in [0.717, 1.165) is 5.56 Å². The largest absolute Gasteiger partial charge is 0.482 e. The first-order chi connectivity index (χ1) is 15.6. The summed E-state index contributed by atoms with van der Waals surface area (Å²) in [5, 5.41) is 10.1. The van der Waals surface area contributed by atoms with Crippen LogP contribution < -0.4 is 9.92 Å². The predicted molar refractivity (Wildman–Crippen MR) is 130 cm³/mol. The topological polar surface area (TPSA) is 96.8 Å². The molecule has 1 heterocycles. The zero-order chi connectivity index (χ0) is 24.1. The van der Waals surface area contributed by atoms with Crippen molar-refractivity contribution < 1.29 is 23.1 Å². The van der Waals surface area contributed by atoms with E-state index in [0.29, 0.717) is 11.3 Å². The normalized spacial score (nSPS) is 12.0. The number of ether oxygens (including phenoxy) is 1. The molecule has 9 heteroatoms. The Morgan fingerprint density at radius 3 is 2.30 bits per heavy atom. The maximum absolute atomic E-state index is 13.5. The quantitative estimate of drug-likeness (QED) is 0.443. The molecule has 0 amide bonds. The van der Waals surface area contributed by atoms with E-state index in [1.165, 1.54) is 28.0 Å². The number of hydrogen-bond donors (Lipinski definition) is 1. The van der Waals surface area contributed by atoms with Gasteiger partial charge >= 0.3 is 5.97 Å². The standard InChI is InChI=1S/C24H28N2O5SSi/c1-33(2,3)23-11-9-19(10-12-23)16-26(32(29,30)22-8-5-13-25-15-22)17-20-6-4-7-21(14-20)31-18-24(27)28/h4-15H,16-18H2,1-3H3,(H,27,28). The average molecular weight is 485 g/mol. The minimum atomic E-state index is -3.83. The Morgan fingerprint density at radius 2 is 1.70 bits per heavy atom. The van der Waals surface area contributed by atoms with Crippen molar-refractivity contribution in [3.8, 4) is 5.75 Å². The summed E-state index contributed by atoms with van der Waals surface area (Å²) < 4.78 is 33.5. The Morgan fingerprint density at radius 1 is 1.00 bits per heavy atom. The molecular formula is C24H28N2O5SSi. The van der Waals surface area contributed by atoms with Crippen molar-refractivity contribution in [2.75, 3.05) is 6.61 Å². The molecule has 3 rings (SSSR count). The van der Waals surface area contributed by atoms with Gasteiger partial charge in [0.1, 0.15) is 10.6 Å². The summed E-state index contributed by atoms with van der Waals surface area (Å²) in [5.41, 5.74) is 1.56. The third-order valence-electron chi connectivity index (χ3n) is 5.07. The van der Waals surface area contributed by atoms with Crippen molar-refractivity contribution in [3.05, 3.63) is 84.2 Å². The van der Waals surface area contributed by atoms with E-state index in [2.05, 4.69) is 36.8 Å². The highest BCUT2D eigenvalue weighted by Crippen LogP contribution is 2.22. The number of carbonyl (C=O) groups is 1. The Balaban J connectivity index is 1.91. The van der Waals surface area contributed by atoms with E-state index >= 15 is 0 Å². The van der Waals surface area contributed by atoms with Crippen molar-refractivity contribution >= 4 is 29.3 Å². The third kappa shape index (κ3) is 6.73. The van der Waals surface area contributed by atoms with Crippen molar-refractivity contribution in [3.63, 3.8) is 0 Å². The van der Waals surface area contributed by atoms with Gasteiger partial charge in [-0.3, -0.25) is 4.98 Å².